The highest BCUT2D eigenvalue weighted by Gasteiger charge is 2.37. The topological polar surface area (TPSA) is 12.5 Å². The number of hydrogen-bond donors (Lipinski definition) is 0. The van der Waals surface area contributed by atoms with Crippen LogP contribution >= 0.6 is 0 Å². The van der Waals surface area contributed by atoms with E-state index in [1.807, 2.05) is 11.1 Å². The van der Waals surface area contributed by atoms with Gasteiger partial charge in [-0.1, -0.05) is 6.08 Å². The molecule has 1 aromatic carbocycles. The molecule has 2 bridgehead atoms. The molecule has 1 aromatic rings. The van der Waals surface area contributed by atoms with Crippen molar-refractivity contribution in [3.8, 4) is 0 Å². The fraction of sp³-hybridized carbons (Fsp3) is 0.333. The zero-order valence-electron chi connectivity index (χ0n) is 8.32. The first kappa shape index (κ1) is 8.92. The molecular formula is C12H12FNO. The van der Waals surface area contributed by atoms with Crippen LogP contribution in [0.5, 0.6) is 0 Å². The van der Waals surface area contributed by atoms with Crippen LogP contribution in [0.15, 0.2) is 30.9 Å². The largest absolute Gasteiger partial charge is 0.269 e. The third-order valence-electron chi connectivity index (χ3n) is 3.07. The predicted octanol–water partition coefficient (Wildman–Crippen LogP) is 2.45. The lowest BCUT2D eigenvalue weighted by atomic mass is 10.0. The highest BCUT2D eigenvalue weighted by atomic mass is 19.1. The van der Waals surface area contributed by atoms with Crippen LogP contribution < -0.4 is 5.06 Å². The molecule has 2 nitrogen and oxygen atoms in total. The van der Waals surface area contributed by atoms with Crippen molar-refractivity contribution in [1.29, 1.82) is 0 Å². The first-order chi connectivity index (χ1) is 7.28. The molecule has 1 saturated heterocycles. The summed E-state index contributed by atoms with van der Waals surface area (Å²) in [5.74, 6) is -0.175. The van der Waals surface area contributed by atoms with Gasteiger partial charge in [-0.05, 0) is 23.8 Å². The van der Waals surface area contributed by atoms with E-state index in [9.17, 15) is 4.39 Å². The Morgan fingerprint density at radius 2 is 2.40 bits per heavy atom. The van der Waals surface area contributed by atoms with Crippen LogP contribution in [0, 0.1) is 5.82 Å². The highest BCUT2D eigenvalue weighted by Crippen LogP contribution is 2.38. The number of fused-ring (bicyclic) bond motifs is 4. The number of anilines is 1. The van der Waals surface area contributed by atoms with Crippen LogP contribution in [0.25, 0.3) is 0 Å². The summed E-state index contributed by atoms with van der Waals surface area (Å²) in [5, 5.41) is 1.86. The van der Waals surface area contributed by atoms with Crippen molar-refractivity contribution in [2.75, 3.05) is 5.06 Å². The first-order valence-corrected chi connectivity index (χ1v) is 5.15. The number of benzene rings is 1. The van der Waals surface area contributed by atoms with Gasteiger partial charge in [0.25, 0.3) is 0 Å². The van der Waals surface area contributed by atoms with Crippen LogP contribution in [-0.2, 0) is 11.3 Å². The maximum atomic E-state index is 13.1. The molecule has 0 unspecified atom stereocenters. The molecule has 0 N–H and O–H groups in total. The van der Waals surface area contributed by atoms with Gasteiger partial charge < -0.3 is 0 Å². The van der Waals surface area contributed by atoms with Gasteiger partial charge in [0.2, 0.25) is 0 Å². The molecule has 1 fully saturated rings. The van der Waals surface area contributed by atoms with Crippen LogP contribution in [0.2, 0.25) is 0 Å². The van der Waals surface area contributed by atoms with Crippen LogP contribution in [0.1, 0.15) is 12.0 Å². The molecule has 0 aromatic heterocycles. The molecular weight excluding hydrogens is 193 g/mol. The Kier molecular flexibility index (Phi) is 1.83. The average molecular weight is 205 g/mol. The van der Waals surface area contributed by atoms with Gasteiger partial charge >= 0.3 is 0 Å². The van der Waals surface area contributed by atoms with Gasteiger partial charge in [0.1, 0.15) is 5.82 Å². The van der Waals surface area contributed by atoms with Gasteiger partial charge in [0.15, 0.2) is 0 Å². The molecule has 2 atom stereocenters. The average Bonchev–Trinajstić information content (AvgIpc) is 2.56. The Bertz CT molecular complexity index is 418. The number of nitrogens with zero attached hydrogens (tertiary/aromatic N) is 1. The fourth-order valence-electron chi connectivity index (χ4n) is 2.37. The van der Waals surface area contributed by atoms with E-state index in [2.05, 4.69) is 6.58 Å². The van der Waals surface area contributed by atoms with Gasteiger partial charge in [-0.3, -0.25) is 4.84 Å². The third kappa shape index (κ3) is 1.27. The molecule has 0 amide bonds. The normalized spacial score (nSPS) is 27.7. The molecule has 3 rings (SSSR count). The number of hydroxylamine groups is 1. The number of hydrogen-bond acceptors (Lipinski definition) is 2. The Hall–Kier alpha value is -1.35. The second-order valence-electron chi connectivity index (χ2n) is 4.07. The highest BCUT2D eigenvalue weighted by molar-refractivity contribution is 5.56. The lowest BCUT2D eigenvalue weighted by Crippen LogP contribution is -2.30. The third-order valence-corrected chi connectivity index (χ3v) is 3.07. The SMILES string of the molecule is C=C[C@@H]1C[C@@H]2Cc3cc(F)ccc3N1O2. The first-order valence-electron chi connectivity index (χ1n) is 5.15. The van der Waals surface area contributed by atoms with Crippen molar-refractivity contribution in [1.82, 2.24) is 0 Å². The maximum absolute atomic E-state index is 13.1. The van der Waals surface area contributed by atoms with Gasteiger partial charge in [-0.25, -0.2) is 9.45 Å². The summed E-state index contributed by atoms with van der Waals surface area (Å²) >= 11 is 0. The van der Waals surface area contributed by atoms with E-state index in [-0.39, 0.29) is 18.0 Å². The minimum absolute atomic E-state index is 0.175. The van der Waals surface area contributed by atoms with Crippen molar-refractivity contribution < 1.29 is 9.23 Å². The molecule has 0 spiro atoms. The smallest absolute Gasteiger partial charge is 0.123 e. The van der Waals surface area contributed by atoms with E-state index in [1.54, 1.807) is 12.1 Å². The molecule has 0 aliphatic carbocycles. The van der Waals surface area contributed by atoms with E-state index in [4.69, 9.17) is 4.84 Å². The van der Waals surface area contributed by atoms with Crippen LogP contribution in [0.4, 0.5) is 10.1 Å². The molecule has 3 heteroatoms. The second kappa shape index (κ2) is 3.07. The molecule has 15 heavy (non-hydrogen) atoms. The van der Waals surface area contributed by atoms with E-state index >= 15 is 0 Å². The van der Waals surface area contributed by atoms with Gasteiger partial charge in [-0.2, -0.15) is 0 Å². The molecule has 2 aliphatic heterocycles. The van der Waals surface area contributed by atoms with Crippen molar-refractivity contribution in [2.45, 2.75) is 25.0 Å². The van der Waals surface area contributed by atoms with Crippen molar-refractivity contribution in [3.05, 3.63) is 42.2 Å². The van der Waals surface area contributed by atoms with Crippen LogP contribution in [0.3, 0.4) is 0 Å². The number of rotatable bonds is 1. The summed E-state index contributed by atoms with van der Waals surface area (Å²) in [6.07, 6.45) is 3.81. The van der Waals surface area contributed by atoms with Crippen molar-refractivity contribution >= 4 is 5.69 Å². The Balaban J connectivity index is 2.08. The summed E-state index contributed by atoms with van der Waals surface area (Å²) in [7, 11) is 0. The molecule has 0 radical (unpaired) electrons. The number of halogens is 1. The van der Waals surface area contributed by atoms with E-state index in [1.165, 1.54) is 6.07 Å². The molecule has 0 saturated carbocycles. The lowest BCUT2D eigenvalue weighted by molar-refractivity contribution is 0.0751. The summed E-state index contributed by atoms with van der Waals surface area (Å²) in [4.78, 5) is 5.71. The Labute approximate surface area is 87.9 Å². The minimum atomic E-state index is -0.175. The predicted molar refractivity (Wildman–Crippen MR) is 56.1 cm³/mol. The van der Waals surface area contributed by atoms with E-state index < -0.39 is 0 Å². The maximum Gasteiger partial charge on any atom is 0.123 e. The Morgan fingerprint density at radius 1 is 1.53 bits per heavy atom. The van der Waals surface area contributed by atoms with Gasteiger partial charge in [0.05, 0.1) is 17.8 Å². The quantitative estimate of drug-likeness (QED) is 0.653. The van der Waals surface area contributed by atoms with Crippen molar-refractivity contribution in [3.63, 3.8) is 0 Å². The summed E-state index contributed by atoms with van der Waals surface area (Å²) in [6.45, 7) is 3.80. The molecule has 78 valence electrons. The summed E-state index contributed by atoms with van der Waals surface area (Å²) in [6, 6.07) is 5.08. The summed E-state index contributed by atoms with van der Waals surface area (Å²) in [5.41, 5.74) is 2.02. The standard InChI is InChI=1S/C12H12FNO/c1-2-10-7-11-6-8-5-9(13)3-4-12(8)14(10)15-11/h2-5,10-11H,1,6-7H2/t10-,11+/m1/s1. The van der Waals surface area contributed by atoms with E-state index in [0.717, 1.165) is 24.1 Å². The molecule has 2 aliphatic rings. The fourth-order valence-corrected chi connectivity index (χ4v) is 2.37. The van der Waals surface area contributed by atoms with Crippen molar-refractivity contribution in [2.24, 2.45) is 0 Å². The summed E-state index contributed by atoms with van der Waals surface area (Å²) < 4.78 is 13.1. The monoisotopic (exact) mass is 205 g/mol. The minimum Gasteiger partial charge on any atom is -0.269 e. The zero-order chi connectivity index (χ0) is 10.4. The van der Waals surface area contributed by atoms with Gasteiger partial charge in [-0.15, -0.1) is 6.58 Å². The lowest BCUT2D eigenvalue weighted by Gasteiger charge is -2.28. The van der Waals surface area contributed by atoms with Gasteiger partial charge in [0, 0.05) is 12.8 Å². The second-order valence-corrected chi connectivity index (χ2v) is 4.07. The Morgan fingerprint density at radius 3 is 3.20 bits per heavy atom. The zero-order valence-corrected chi connectivity index (χ0v) is 8.32. The molecule has 2 heterocycles. The van der Waals surface area contributed by atoms with E-state index in [0.29, 0.717) is 0 Å². The van der Waals surface area contributed by atoms with Crippen LogP contribution in [-0.4, -0.2) is 12.1 Å².